The van der Waals surface area contributed by atoms with Crippen molar-refractivity contribution in [3.05, 3.63) is 59.7 Å². The first kappa shape index (κ1) is 17.2. The molecule has 0 aliphatic carbocycles. The van der Waals surface area contributed by atoms with Gasteiger partial charge >= 0.3 is 5.97 Å². The topological polar surface area (TPSA) is 72.5 Å². The Hall–Kier alpha value is -2.60. The molecule has 0 fully saturated rings. The third kappa shape index (κ3) is 4.28. The second-order valence-electron chi connectivity index (χ2n) is 5.71. The van der Waals surface area contributed by atoms with Gasteiger partial charge in [-0.05, 0) is 37.1 Å². The number of thioether (sulfide) groups is 1. The molecule has 0 saturated heterocycles. The predicted octanol–water partition coefficient (Wildman–Crippen LogP) is 3.09. The molecule has 0 aromatic heterocycles. The van der Waals surface area contributed by atoms with Crippen LogP contribution in [0.25, 0.3) is 0 Å². The fourth-order valence-corrected chi connectivity index (χ4v) is 3.75. The first-order valence-electron chi connectivity index (χ1n) is 7.85. The molecule has 1 heterocycles. The number of esters is 1. The molecular formula is C19H17NO4S. The molecule has 1 unspecified atom stereocenters. The molecule has 1 aliphatic rings. The molecule has 2 aromatic rings. The maximum absolute atomic E-state index is 12.1. The summed E-state index contributed by atoms with van der Waals surface area (Å²) >= 11 is 1.46. The Bertz CT molecular complexity index is 809. The van der Waals surface area contributed by atoms with Crippen LogP contribution in [0.3, 0.4) is 0 Å². The Labute approximate surface area is 149 Å². The number of hydrogen-bond acceptors (Lipinski definition) is 5. The lowest BCUT2D eigenvalue weighted by atomic mass is 10.1. The molecule has 5 nitrogen and oxygen atoms in total. The Morgan fingerprint density at radius 1 is 1.16 bits per heavy atom. The maximum Gasteiger partial charge on any atom is 0.320 e. The molecule has 0 spiro atoms. The van der Waals surface area contributed by atoms with Gasteiger partial charge in [0.25, 0.3) is 5.91 Å². The normalized spacial score (nSPS) is 15.3. The lowest BCUT2D eigenvalue weighted by Gasteiger charge is -2.10. The standard InChI is InChI=1S/C19H17NO4S/c1-12(21)13-6-4-7-15(9-13)20-18(22)11-24-19(23)17-10-14-5-2-3-8-16(14)25-17/h2-9,17H,10-11H2,1H3,(H,20,22). The number of nitrogens with one attached hydrogen (secondary N) is 1. The van der Waals surface area contributed by atoms with Crippen LogP contribution in [0.1, 0.15) is 22.8 Å². The number of carbonyl (C=O) groups excluding carboxylic acids is 3. The van der Waals surface area contributed by atoms with Crippen molar-refractivity contribution in [2.24, 2.45) is 0 Å². The van der Waals surface area contributed by atoms with E-state index in [9.17, 15) is 14.4 Å². The summed E-state index contributed by atoms with van der Waals surface area (Å²) in [6.07, 6.45) is 0.613. The third-order valence-electron chi connectivity index (χ3n) is 3.81. The highest BCUT2D eigenvalue weighted by Crippen LogP contribution is 2.37. The molecule has 1 atom stereocenters. The fraction of sp³-hybridized carbons (Fsp3) is 0.211. The molecule has 0 radical (unpaired) electrons. The van der Waals surface area contributed by atoms with E-state index >= 15 is 0 Å². The molecule has 6 heteroatoms. The van der Waals surface area contributed by atoms with Crippen LogP contribution in [0.5, 0.6) is 0 Å². The SMILES string of the molecule is CC(=O)c1cccc(NC(=O)COC(=O)C2Cc3ccccc3S2)c1. The predicted molar refractivity (Wildman–Crippen MR) is 95.8 cm³/mol. The van der Waals surface area contributed by atoms with Crippen molar-refractivity contribution < 1.29 is 19.1 Å². The van der Waals surface area contributed by atoms with E-state index in [2.05, 4.69) is 5.32 Å². The van der Waals surface area contributed by atoms with E-state index in [-0.39, 0.29) is 17.6 Å². The molecule has 0 bridgehead atoms. The zero-order valence-electron chi connectivity index (χ0n) is 13.7. The number of rotatable bonds is 5. The molecule has 1 aliphatic heterocycles. The number of anilines is 1. The zero-order valence-corrected chi connectivity index (χ0v) is 14.5. The summed E-state index contributed by atoms with van der Waals surface area (Å²) in [5, 5.41) is 2.31. The zero-order chi connectivity index (χ0) is 17.8. The molecule has 1 N–H and O–H groups in total. The highest BCUT2D eigenvalue weighted by atomic mass is 32.2. The van der Waals surface area contributed by atoms with Crippen LogP contribution in [0.15, 0.2) is 53.4 Å². The number of ether oxygens (including phenoxy) is 1. The summed E-state index contributed by atoms with van der Waals surface area (Å²) in [6, 6.07) is 14.5. The van der Waals surface area contributed by atoms with Crippen LogP contribution < -0.4 is 5.32 Å². The number of ketones is 1. The van der Waals surface area contributed by atoms with Gasteiger partial charge in [0.2, 0.25) is 0 Å². The number of Topliss-reactive ketones (excluding diaryl/α,β-unsaturated/α-hetero) is 1. The average Bonchev–Trinajstić information content (AvgIpc) is 3.04. The average molecular weight is 355 g/mol. The van der Waals surface area contributed by atoms with Gasteiger partial charge in [0.05, 0.1) is 0 Å². The van der Waals surface area contributed by atoms with Crippen LogP contribution >= 0.6 is 11.8 Å². The van der Waals surface area contributed by atoms with Gasteiger partial charge in [-0.25, -0.2) is 0 Å². The highest BCUT2D eigenvalue weighted by Gasteiger charge is 2.29. The molecule has 3 rings (SSSR count). The van der Waals surface area contributed by atoms with E-state index in [0.717, 1.165) is 10.5 Å². The second kappa shape index (κ2) is 7.53. The van der Waals surface area contributed by atoms with Gasteiger partial charge in [-0.2, -0.15) is 0 Å². The largest absolute Gasteiger partial charge is 0.455 e. The summed E-state index contributed by atoms with van der Waals surface area (Å²) in [7, 11) is 0. The maximum atomic E-state index is 12.1. The van der Waals surface area contributed by atoms with Crippen LogP contribution in [0.4, 0.5) is 5.69 Å². The lowest BCUT2D eigenvalue weighted by molar-refractivity contribution is -0.146. The summed E-state index contributed by atoms with van der Waals surface area (Å²) < 4.78 is 5.13. The smallest absolute Gasteiger partial charge is 0.320 e. The Kier molecular flexibility index (Phi) is 5.19. The molecule has 25 heavy (non-hydrogen) atoms. The van der Waals surface area contributed by atoms with E-state index < -0.39 is 11.9 Å². The highest BCUT2D eigenvalue weighted by molar-refractivity contribution is 8.01. The van der Waals surface area contributed by atoms with E-state index in [0.29, 0.717) is 17.7 Å². The fourth-order valence-electron chi connectivity index (χ4n) is 2.56. The summed E-state index contributed by atoms with van der Waals surface area (Å²) in [5.74, 6) is -0.913. The summed E-state index contributed by atoms with van der Waals surface area (Å²) in [5.41, 5.74) is 2.13. The van der Waals surface area contributed by atoms with Crippen LogP contribution in [-0.2, 0) is 20.7 Å². The molecule has 0 saturated carbocycles. The van der Waals surface area contributed by atoms with Crippen molar-refractivity contribution in [1.82, 2.24) is 0 Å². The van der Waals surface area contributed by atoms with E-state index in [1.165, 1.54) is 18.7 Å². The molecule has 1 amide bonds. The van der Waals surface area contributed by atoms with E-state index in [1.807, 2.05) is 24.3 Å². The van der Waals surface area contributed by atoms with Gasteiger partial charge < -0.3 is 10.1 Å². The van der Waals surface area contributed by atoms with Gasteiger partial charge in [-0.15, -0.1) is 11.8 Å². The van der Waals surface area contributed by atoms with Crippen molar-refractivity contribution in [3.63, 3.8) is 0 Å². The number of fused-ring (bicyclic) bond motifs is 1. The quantitative estimate of drug-likeness (QED) is 0.659. The Morgan fingerprint density at radius 2 is 1.96 bits per heavy atom. The van der Waals surface area contributed by atoms with E-state index in [4.69, 9.17) is 4.74 Å². The first-order valence-corrected chi connectivity index (χ1v) is 8.73. The van der Waals surface area contributed by atoms with Crippen LogP contribution in [-0.4, -0.2) is 29.5 Å². The summed E-state index contributed by atoms with van der Waals surface area (Å²) in [4.78, 5) is 36.5. The van der Waals surface area contributed by atoms with Crippen molar-refractivity contribution in [2.45, 2.75) is 23.5 Å². The van der Waals surface area contributed by atoms with E-state index in [1.54, 1.807) is 24.3 Å². The van der Waals surface area contributed by atoms with Gasteiger partial charge in [0.1, 0.15) is 5.25 Å². The molecule has 128 valence electrons. The minimum absolute atomic E-state index is 0.0830. The minimum atomic E-state index is -0.436. The van der Waals surface area contributed by atoms with Crippen molar-refractivity contribution in [1.29, 1.82) is 0 Å². The van der Waals surface area contributed by atoms with Gasteiger partial charge in [-0.1, -0.05) is 30.3 Å². The van der Waals surface area contributed by atoms with Crippen LogP contribution in [0, 0.1) is 0 Å². The number of hydrogen-bond donors (Lipinski definition) is 1. The van der Waals surface area contributed by atoms with Crippen LogP contribution in [0.2, 0.25) is 0 Å². The number of benzene rings is 2. The second-order valence-corrected chi connectivity index (χ2v) is 6.96. The Morgan fingerprint density at radius 3 is 2.72 bits per heavy atom. The third-order valence-corrected chi connectivity index (χ3v) is 5.10. The monoisotopic (exact) mass is 355 g/mol. The van der Waals surface area contributed by atoms with Gasteiger partial charge in [-0.3, -0.25) is 14.4 Å². The van der Waals surface area contributed by atoms with Crippen molar-refractivity contribution in [3.8, 4) is 0 Å². The van der Waals surface area contributed by atoms with Gasteiger partial charge in [0, 0.05) is 16.1 Å². The summed E-state index contributed by atoms with van der Waals surface area (Å²) in [6.45, 7) is 1.11. The minimum Gasteiger partial charge on any atom is -0.455 e. The molecule has 2 aromatic carbocycles. The van der Waals surface area contributed by atoms with Gasteiger partial charge in [0.15, 0.2) is 12.4 Å². The Balaban J connectivity index is 1.50. The number of carbonyl (C=O) groups is 3. The van der Waals surface area contributed by atoms with Crippen molar-refractivity contribution >= 4 is 35.1 Å². The number of amides is 1. The first-order chi connectivity index (χ1) is 12.0. The molecular weight excluding hydrogens is 338 g/mol. The lowest BCUT2D eigenvalue weighted by Crippen LogP contribution is -2.26. The van der Waals surface area contributed by atoms with Crippen molar-refractivity contribution in [2.75, 3.05) is 11.9 Å².